The lowest BCUT2D eigenvalue weighted by Crippen LogP contribution is -2.20. The van der Waals surface area contributed by atoms with Crippen molar-refractivity contribution in [2.45, 2.75) is 19.6 Å². The molecule has 1 atom stereocenters. The number of ether oxygens (including phenoxy) is 1. The largest absolute Gasteiger partial charge is 0.479 e. The maximum absolute atomic E-state index is 10.4. The first-order chi connectivity index (χ1) is 6.11. The zero-order valence-electron chi connectivity index (χ0n) is 7.60. The normalized spacial score (nSPS) is 12.8. The Kier molecular flexibility index (Phi) is 3.02. The van der Waals surface area contributed by atoms with Crippen LogP contribution < -0.4 is 0 Å². The average Bonchev–Trinajstić information content (AvgIpc) is 2.47. The maximum Gasteiger partial charge on any atom is 0.332 e. The van der Waals surface area contributed by atoms with Gasteiger partial charge >= 0.3 is 5.97 Å². The molecule has 1 rings (SSSR count). The lowest BCUT2D eigenvalue weighted by molar-refractivity contribution is -0.150. The Bertz CT molecular complexity index is 295. The minimum absolute atomic E-state index is 0.219. The number of hydrogen-bond donors (Lipinski definition) is 1. The fourth-order valence-electron chi connectivity index (χ4n) is 0.806. The molecule has 0 fully saturated rings. The second-order valence-electron chi connectivity index (χ2n) is 2.75. The summed E-state index contributed by atoms with van der Waals surface area (Å²) in [5.74, 6) is -0.248. The molecule has 0 aliphatic rings. The van der Waals surface area contributed by atoms with Gasteiger partial charge in [-0.3, -0.25) is 0 Å². The Labute approximate surface area is 76.0 Å². The van der Waals surface area contributed by atoms with E-state index >= 15 is 0 Å². The van der Waals surface area contributed by atoms with Gasteiger partial charge in [-0.25, -0.2) is 9.78 Å². The molecular weight excluding hydrogens is 172 g/mol. The van der Waals surface area contributed by atoms with Crippen molar-refractivity contribution >= 4 is 5.97 Å². The molecule has 0 aliphatic heterocycles. The summed E-state index contributed by atoms with van der Waals surface area (Å²) in [6.45, 7) is 1.71. The molecule has 0 bridgehead atoms. The average molecular weight is 184 g/mol. The van der Waals surface area contributed by atoms with Gasteiger partial charge in [0.1, 0.15) is 12.4 Å². The molecule has 0 saturated heterocycles. The number of carboxylic acids is 1. The number of rotatable bonds is 4. The standard InChI is InChI=1S/C8H12N2O3/c1-6(8(11)12)13-5-7-9-3-4-10(7)2/h3-4,6H,5H2,1-2H3,(H,11,12). The molecule has 0 aromatic carbocycles. The highest BCUT2D eigenvalue weighted by atomic mass is 16.5. The third kappa shape index (κ3) is 2.55. The summed E-state index contributed by atoms with van der Waals surface area (Å²) in [5.41, 5.74) is 0. The molecule has 5 heteroatoms. The second-order valence-corrected chi connectivity index (χ2v) is 2.75. The van der Waals surface area contributed by atoms with Gasteiger partial charge in [0, 0.05) is 19.4 Å². The fraction of sp³-hybridized carbons (Fsp3) is 0.500. The van der Waals surface area contributed by atoms with E-state index in [0.717, 1.165) is 0 Å². The fourth-order valence-corrected chi connectivity index (χ4v) is 0.806. The van der Waals surface area contributed by atoms with Gasteiger partial charge in [-0.1, -0.05) is 0 Å². The molecule has 72 valence electrons. The van der Waals surface area contributed by atoms with E-state index in [1.54, 1.807) is 17.0 Å². The Morgan fingerprint density at radius 1 is 1.85 bits per heavy atom. The van der Waals surface area contributed by atoms with Crippen LogP contribution in [0.15, 0.2) is 12.4 Å². The minimum Gasteiger partial charge on any atom is -0.479 e. The van der Waals surface area contributed by atoms with Crippen LogP contribution in [0.3, 0.4) is 0 Å². The van der Waals surface area contributed by atoms with Crippen LogP contribution in [0.1, 0.15) is 12.7 Å². The summed E-state index contributed by atoms with van der Waals surface area (Å²) in [7, 11) is 1.83. The predicted octanol–water partition coefficient (Wildman–Crippen LogP) is 0.410. The van der Waals surface area contributed by atoms with Crippen LogP contribution >= 0.6 is 0 Å². The number of nitrogens with zero attached hydrogens (tertiary/aromatic N) is 2. The number of aromatic nitrogens is 2. The summed E-state index contributed by atoms with van der Waals surface area (Å²) in [6.07, 6.45) is 2.63. The van der Waals surface area contributed by atoms with Crippen molar-refractivity contribution in [1.29, 1.82) is 0 Å². The molecule has 0 saturated carbocycles. The van der Waals surface area contributed by atoms with E-state index in [-0.39, 0.29) is 6.61 Å². The molecule has 0 spiro atoms. The molecule has 1 unspecified atom stereocenters. The van der Waals surface area contributed by atoms with Crippen LogP contribution in [-0.4, -0.2) is 26.7 Å². The summed E-state index contributed by atoms with van der Waals surface area (Å²) in [4.78, 5) is 14.4. The third-order valence-electron chi connectivity index (χ3n) is 1.73. The van der Waals surface area contributed by atoms with E-state index in [4.69, 9.17) is 9.84 Å². The molecule has 1 N–H and O–H groups in total. The Balaban J connectivity index is 2.44. The van der Waals surface area contributed by atoms with Crippen molar-refractivity contribution in [3.05, 3.63) is 18.2 Å². The number of imidazole rings is 1. The number of aliphatic carboxylic acids is 1. The van der Waals surface area contributed by atoms with Gasteiger partial charge in [0.15, 0.2) is 6.10 Å². The maximum atomic E-state index is 10.4. The van der Waals surface area contributed by atoms with Gasteiger partial charge in [0.05, 0.1) is 0 Å². The SMILES string of the molecule is CC(OCc1nccn1C)C(=O)O. The quantitative estimate of drug-likeness (QED) is 0.736. The second kappa shape index (κ2) is 4.04. The van der Waals surface area contributed by atoms with Gasteiger partial charge in [-0.05, 0) is 6.92 Å². The van der Waals surface area contributed by atoms with E-state index in [1.807, 2.05) is 7.05 Å². The Hall–Kier alpha value is -1.36. The van der Waals surface area contributed by atoms with Gasteiger partial charge < -0.3 is 14.4 Å². The van der Waals surface area contributed by atoms with E-state index in [9.17, 15) is 4.79 Å². The van der Waals surface area contributed by atoms with Crippen LogP contribution in [0.4, 0.5) is 0 Å². The summed E-state index contributed by atoms with van der Waals surface area (Å²) in [6, 6.07) is 0. The van der Waals surface area contributed by atoms with Crippen LogP contribution in [0.2, 0.25) is 0 Å². The number of aryl methyl sites for hydroxylation is 1. The lowest BCUT2D eigenvalue weighted by Gasteiger charge is -2.07. The van der Waals surface area contributed by atoms with Crippen molar-refractivity contribution in [1.82, 2.24) is 9.55 Å². The van der Waals surface area contributed by atoms with Crippen LogP contribution in [0.5, 0.6) is 0 Å². The zero-order chi connectivity index (χ0) is 9.84. The molecule has 1 heterocycles. The van der Waals surface area contributed by atoms with Crippen LogP contribution in [0.25, 0.3) is 0 Å². The lowest BCUT2D eigenvalue weighted by atomic mass is 10.4. The Morgan fingerprint density at radius 2 is 2.54 bits per heavy atom. The van der Waals surface area contributed by atoms with Gasteiger partial charge in [-0.2, -0.15) is 0 Å². The zero-order valence-corrected chi connectivity index (χ0v) is 7.60. The highest BCUT2D eigenvalue weighted by Gasteiger charge is 2.11. The van der Waals surface area contributed by atoms with Crippen molar-refractivity contribution in [3.8, 4) is 0 Å². The molecule has 1 aromatic heterocycles. The monoisotopic (exact) mass is 184 g/mol. The van der Waals surface area contributed by atoms with Crippen LogP contribution in [-0.2, 0) is 23.2 Å². The number of carboxylic acid groups (broad SMARTS) is 1. The van der Waals surface area contributed by atoms with Gasteiger partial charge in [0.2, 0.25) is 0 Å². The van der Waals surface area contributed by atoms with E-state index in [2.05, 4.69) is 4.98 Å². The van der Waals surface area contributed by atoms with Crippen LogP contribution in [0, 0.1) is 0 Å². The first-order valence-electron chi connectivity index (χ1n) is 3.92. The number of carbonyl (C=O) groups is 1. The highest BCUT2D eigenvalue weighted by molar-refractivity contribution is 5.71. The topological polar surface area (TPSA) is 64.4 Å². The van der Waals surface area contributed by atoms with Crippen molar-refractivity contribution < 1.29 is 14.6 Å². The predicted molar refractivity (Wildman–Crippen MR) is 45.1 cm³/mol. The van der Waals surface area contributed by atoms with Crippen molar-refractivity contribution in [2.75, 3.05) is 0 Å². The first kappa shape index (κ1) is 9.73. The van der Waals surface area contributed by atoms with E-state index in [1.165, 1.54) is 6.92 Å². The summed E-state index contributed by atoms with van der Waals surface area (Å²) >= 11 is 0. The van der Waals surface area contributed by atoms with E-state index in [0.29, 0.717) is 5.82 Å². The smallest absolute Gasteiger partial charge is 0.332 e. The Morgan fingerprint density at radius 3 is 3.00 bits per heavy atom. The summed E-state index contributed by atoms with van der Waals surface area (Å²) < 4.78 is 6.83. The molecule has 0 aliphatic carbocycles. The van der Waals surface area contributed by atoms with Crippen molar-refractivity contribution in [3.63, 3.8) is 0 Å². The minimum atomic E-state index is -0.964. The molecule has 0 amide bonds. The van der Waals surface area contributed by atoms with Crippen molar-refractivity contribution in [2.24, 2.45) is 7.05 Å². The number of hydrogen-bond acceptors (Lipinski definition) is 3. The van der Waals surface area contributed by atoms with Gasteiger partial charge in [-0.15, -0.1) is 0 Å². The molecule has 1 aromatic rings. The molecular formula is C8H12N2O3. The summed E-state index contributed by atoms with van der Waals surface area (Å²) in [5, 5.41) is 8.53. The van der Waals surface area contributed by atoms with Gasteiger partial charge in [0.25, 0.3) is 0 Å². The van der Waals surface area contributed by atoms with E-state index < -0.39 is 12.1 Å². The molecule has 5 nitrogen and oxygen atoms in total. The highest BCUT2D eigenvalue weighted by Crippen LogP contribution is 2.00. The first-order valence-corrected chi connectivity index (χ1v) is 3.92. The third-order valence-corrected chi connectivity index (χ3v) is 1.73. The molecule has 13 heavy (non-hydrogen) atoms. The molecule has 0 radical (unpaired) electrons.